The number of nitrogens with zero attached hydrogens (tertiary/aromatic N) is 1. The highest BCUT2D eigenvalue weighted by Gasteiger charge is 2.22. The van der Waals surface area contributed by atoms with Gasteiger partial charge in [0.1, 0.15) is 23.0 Å². The lowest BCUT2D eigenvalue weighted by Crippen LogP contribution is -2.18. The summed E-state index contributed by atoms with van der Waals surface area (Å²) in [5, 5.41) is 0. The van der Waals surface area contributed by atoms with Crippen LogP contribution in [0.2, 0.25) is 0 Å². The van der Waals surface area contributed by atoms with E-state index in [-0.39, 0.29) is 18.0 Å². The molecule has 0 atom stereocenters. The van der Waals surface area contributed by atoms with Crippen LogP contribution in [0.4, 0.5) is 0 Å². The van der Waals surface area contributed by atoms with E-state index in [1.165, 1.54) is 0 Å². The Balaban J connectivity index is 1.54. The molecule has 0 fully saturated rings. The molecule has 0 aliphatic heterocycles. The molecule has 1 heterocycles. The fraction of sp³-hybridized carbons (Fsp3) is 0.385. The summed E-state index contributed by atoms with van der Waals surface area (Å²) in [6.45, 7) is 6.43. The van der Waals surface area contributed by atoms with Crippen LogP contribution in [0.25, 0.3) is 11.5 Å². The topological polar surface area (TPSA) is 86.5 Å². The minimum Gasteiger partial charge on any atom is -0.494 e. The predicted molar refractivity (Wildman–Crippen MR) is 129 cm³/mol. The van der Waals surface area contributed by atoms with Crippen molar-refractivity contribution in [3.63, 3.8) is 0 Å². The van der Waals surface area contributed by atoms with Crippen LogP contribution < -0.4 is 4.74 Å². The third-order valence-corrected chi connectivity index (χ3v) is 6.86. The van der Waals surface area contributed by atoms with E-state index < -0.39 is 15.6 Å². The first-order valence-electron chi connectivity index (χ1n) is 11.2. The zero-order valence-corrected chi connectivity index (χ0v) is 20.3. The van der Waals surface area contributed by atoms with Gasteiger partial charge in [-0.3, -0.25) is 4.79 Å². The van der Waals surface area contributed by atoms with Crippen LogP contribution in [0, 0.1) is 13.8 Å². The van der Waals surface area contributed by atoms with Crippen molar-refractivity contribution < 1.29 is 22.4 Å². The van der Waals surface area contributed by atoms with Crippen molar-refractivity contribution in [3.8, 4) is 17.2 Å². The number of hydrogen-bond donors (Lipinski definition) is 0. The van der Waals surface area contributed by atoms with E-state index >= 15 is 0 Å². The van der Waals surface area contributed by atoms with Crippen LogP contribution in [-0.2, 0) is 26.8 Å². The zero-order chi connectivity index (χ0) is 23.8. The molecule has 2 aromatic carbocycles. The smallest absolute Gasteiger partial charge is 0.226 e. The highest BCUT2D eigenvalue weighted by molar-refractivity contribution is 7.91. The van der Waals surface area contributed by atoms with E-state index in [0.717, 1.165) is 35.3 Å². The van der Waals surface area contributed by atoms with E-state index in [1.54, 1.807) is 6.92 Å². The fourth-order valence-electron chi connectivity index (χ4n) is 3.44. The molecule has 1 aromatic heterocycles. The van der Waals surface area contributed by atoms with Crippen molar-refractivity contribution in [2.24, 2.45) is 0 Å². The summed E-state index contributed by atoms with van der Waals surface area (Å²) in [6.07, 6.45) is 2.74. The number of ketones is 1. The van der Waals surface area contributed by atoms with Gasteiger partial charge in [0.25, 0.3) is 0 Å². The highest BCUT2D eigenvalue weighted by Crippen LogP contribution is 2.25. The van der Waals surface area contributed by atoms with Gasteiger partial charge in [-0.2, -0.15) is 0 Å². The molecule has 0 aliphatic carbocycles. The highest BCUT2D eigenvalue weighted by atomic mass is 32.2. The lowest BCUT2D eigenvalue weighted by atomic mass is 10.1. The fourth-order valence-corrected chi connectivity index (χ4v) is 4.86. The lowest BCUT2D eigenvalue weighted by Gasteiger charge is -2.07. The first kappa shape index (κ1) is 24.7. The van der Waals surface area contributed by atoms with Crippen LogP contribution >= 0.6 is 0 Å². The van der Waals surface area contributed by atoms with Gasteiger partial charge >= 0.3 is 0 Å². The molecule has 0 spiro atoms. The monoisotopic (exact) mass is 469 g/mol. The molecule has 0 N–H and O–H groups in total. The molecular formula is C26H31NO5S. The number of carbonyl (C=O) groups is 1. The molecule has 7 heteroatoms. The van der Waals surface area contributed by atoms with Gasteiger partial charge in [0.15, 0.2) is 9.84 Å². The minimum atomic E-state index is -3.65. The van der Waals surface area contributed by atoms with Gasteiger partial charge in [-0.15, -0.1) is 0 Å². The molecule has 0 unspecified atom stereocenters. The SMILES string of the molecule is CCCCOc1ccc(CCC(=O)CS(=O)(=O)Cc2nc(-c3ccccc3C)oc2C)cc1. The van der Waals surface area contributed by atoms with Gasteiger partial charge in [-0.25, -0.2) is 13.4 Å². The van der Waals surface area contributed by atoms with Crippen LogP contribution in [0.15, 0.2) is 52.9 Å². The third-order valence-electron chi connectivity index (χ3n) is 5.39. The summed E-state index contributed by atoms with van der Waals surface area (Å²) in [5.41, 5.74) is 3.13. The van der Waals surface area contributed by atoms with Crippen LogP contribution in [0.3, 0.4) is 0 Å². The number of aryl methyl sites for hydroxylation is 3. The number of hydrogen-bond acceptors (Lipinski definition) is 6. The third kappa shape index (κ3) is 7.29. The number of Topliss-reactive ketones (excluding diaryl/α,β-unsaturated/α-hetero) is 1. The van der Waals surface area contributed by atoms with Gasteiger partial charge in [0.05, 0.1) is 18.1 Å². The van der Waals surface area contributed by atoms with Crippen LogP contribution in [-0.4, -0.2) is 31.5 Å². The maximum absolute atomic E-state index is 12.6. The van der Waals surface area contributed by atoms with Crippen molar-refractivity contribution in [3.05, 3.63) is 71.1 Å². The van der Waals surface area contributed by atoms with Crippen molar-refractivity contribution in [1.29, 1.82) is 0 Å². The van der Waals surface area contributed by atoms with Gasteiger partial charge in [0, 0.05) is 12.0 Å². The molecule has 0 bridgehead atoms. The second-order valence-electron chi connectivity index (χ2n) is 8.25. The molecule has 3 aromatic rings. The summed E-state index contributed by atoms with van der Waals surface area (Å²) in [6, 6.07) is 15.2. The second kappa shape index (κ2) is 11.3. The Labute approximate surface area is 195 Å². The van der Waals surface area contributed by atoms with E-state index in [2.05, 4.69) is 11.9 Å². The van der Waals surface area contributed by atoms with E-state index in [9.17, 15) is 13.2 Å². The standard InChI is InChI=1S/C26H31NO5S/c1-4-5-16-31-23-14-11-21(12-15-23)10-13-22(28)17-33(29,30)18-25-20(3)32-26(27-25)24-9-7-6-8-19(24)2/h6-9,11-12,14-15H,4-5,10,13,16-18H2,1-3H3. The molecule has 6 nitrogen and oxygen atoms in total. The van der Waals surface area contributed by atoms with Gasteiger partial charge < -0.3 is 9.15 Å². The molecule has 0 aliphatic rings. The number of ether oxygens (including phenoxy) is 1. The first-order chi connectivity index (χ1) is 15.8. The van der Waals surface area contributed by atoms with Crippen LogP contribution in [0.1, 0.15) is 48.8 Å². The Kier molecular flexibility index (Phi) is 8.44. The van der Waals surface area contributed by atoms with Gasteiger partial charge in [0.2, 0.25) is 5.89 Å². The van der Waals surface area contributed by atoms with Crippen molar-refractivity contribution in [2.75, 3.05) is 12.4 Å². The van der Waals surface area contributed by atoms with E-state index in [1.807, 2.05) is 55.5 Å². The van der Waals surface area contributed by atoms with Crippen molar-refractivity contribution in [2.45, 2.75) is 52.2 Å². The molecule has 0 amide bonds. The summed E-state index contributed by atoms with van der Waals surface area (Å²) in [5.74, 6) is 0.517. The normalized spacial score (nSPS) is 11.5. The number of rotatable bonds is 12. The number of oxazole rings is 1. The average Bonchev–Trinajstić information content (AvgIpc) is 3.12. The second-order valence-corrected chi connectivity index (χ2v) is 10.3. The molecular weight excluding hydrogens is 438 g/mol. The van der Waals surface area contributed by atoms with Crippen molar-refractivity contribution >= 4 is 15.6 Å². The van der Waals surface area contributed by atoms with Gasteiger partial charge in [-0.05, 0) is 56.0 Å². The predicted octanol–water partition coefficient (Wildman–Crippen LogP) is 5.25. The number of benzene rings is 2. The van der Waals surface area contributed by atoms with E-state index in [4.69, 9.17) is 9.15 Å². The number of aromatic nitrogens is 1. The Morgan fingerprint density at radius 3 is 2.48 bits per heavy atom. The van der Waals surface area contributed by atoms with Crippen LogP contribution in [0.5, 0.6) is 5.75 Å². The minimum absolute atomic E-state index is 0.168. The molecule has 176 valence electrons. The number of sulfone groups is 1. The molecule has 0 radical (unpaired) electrons. The summed E-state index contributed by atoms with van der Waals surface area (Å²) in [4.78, 5) is 16.8. The summed E-state index contributed by atoms with van der Waals surface area (Å²) >= 11 is 0. The van der Waals surface area contributed by atoms with Crippen molar-refractivity contribution in [1.82, 2.24) is 4.98 Å². The summed E-state index contributed by atoms with van der Waals surface area (Å²) in [7, 11) is -3.65. The maximum atomic E-state index is 12.6. The molecule has 3 rings (SSSR count). The summed E-state index contributed by atoms with van der Waals surface area (Å²) < 4.78 is 36.6. The quantitative estimate of drug-likeness (QED) is 0.337. The molecule has 0 saturated carbocycles. The molecule has 0 saturated heterocycles. The number of unbranched alkanes of at least 4 members (excludes halogenated alkanes) is 1. The Hall–Kier alpha value is -2.93. The van der Waals surface area contributed by atoms with Gasteiger partial charge in [-0.1, -0.05) is 43.7 Å². The largest absolute Gasteiger partial charge is 0.494 e. The van der Waals surface area contributed by atoms with E-state index in [0.29, 0.717) is 30.4 Å². The Morgan fingerprint density at radius 1 is 1.06 bits per heavy atom. The Morgan fingerprint density at radius 2 is 1.79 bits per heavy atom. The molecule has 33 heavy (non-hydrogen) atoms. The lowest BCUT2D eigenvalue weighted by molar-refractivity contribution is -0.116. The number of carbonyl (C=O) groups excluding carboxylic acids is 1. The zero-order valence-electron chi connectivity index (χ0n) is 19.5. The Bertz CT molecular complexity index is 1180. The first-order valence-corrected chi connectivity index (χ1v) is 13.1. The average molecular weight is 470 g/mol. The maximum Gasteiger partial charge on any atom is 0.226 e.